The van der Waals surface area contributed by atoms with Crippen LogP contribution in [0.2, 0.25) is 0 Å². The van der Waals surface area contributed by atoms with Crippen LogP contribution >= 0.6 is 38.8 Å². The molecule has 5 N–H and O–H groups in total. The number of hydrogen-bond donors (Lipinski definition) is 4. The van der Waals surface area contributed by atoms with Crippen LogP contribution in [0.3, 0.4) is 0 Å². The molecule has 0 radical (unpaired) electrons. The van der Waals surface area contributed by atoms with E-state index in [0.29, 0.717) is 83.6 Å². The van der Waals surface area contributed by atoms with Crippen LogP contribution in [0.15, 0.2) is 103 Å². The van der Waals surface area contributed by atoms with Crippen LogP contribution in [0.25, 0.3) is 33.7 Å². The second-order valence-electron chi connectivity index (χ2n) is 31.7. The summed E-state index contributed by atoms with van der Waals surface area (Å²) in [6, 6.07) is 22.2. The van der Waals surface area contributed by atoms with Gasteiger partial charge in [-0.15, -0.1) is 23.2 Å². The van der Waals surface area contributed by atoms with Crippen molar-refractivity contribution >= 4 is 143 Å². The molecule has 1 aliphatic carbocycles. The van der Waals surface area contributed by atoms with Crippen molar-refractivity contribution < 1.29 is 79.4 Å². The molecule has 0 aromatic heterocycles. The van der Waals surface area contributed by atoms with E-state index in [1.807, 2.05) is 48.5 Å². The molecule has 582 valence electrons. The Balaban J connectivity index is 0.982. The maximum Gasteiger partial charge on any atom is 0.531 e. The highest BCUT2D eigenvalue weighted by Crippen LogP contribution is 2.60. The normalized spacial score (nSPS) is 17.0. The lowest BCUT2D eigenvalue weighted by atomic mass is 9.61. The average Bonchev–Trinajstić information content (AvgIpc) is 1.55. The molecule has 0 unspecified atom stereocenters. The lowest BCUT2D eigenvalue weighted by molar-refractivity contribution is -0.149. The second-order valence-corrected chi connectivity index (χ2v) is 35.2. The quantitative estimate of drug-likeness (QED) is 0.00742. The summed E-state index contributed by atoms with van der Waals surface area (Å²) in [5, 5.41) is 10.9. The van der Waals surface area contributed by atoms with E-state index in [4.69, 9.17) is 56.1 Å². The first-order valence-corrected chi connectivity index (χ1v) is 40.7. The van der Waals surface area contributed by atoms with Crippen molar-refractivity contribution in [3.63, 3.8) is 0 Å². The van der Waals surface area contributed by atoms with Crippen molar-refractivity contribution in [1.29, 1.82) is 0 Å². The summed E-state index contributed by atoms with van der Waals surface area (Å²) < 4.78 is 66.1. The molecule has 4 aliphatic rings. The van der Waals surface area contributed by atoms with Gasteiger partial charge >= 0.3 is 21.7 Å². The number of carbonyl (C=O) groups is 9. The van der Waals surface area contributed by atoms with E-state index >= 15 is 0 Å². The van der Waals surface area contributed by atoms with Gasteiger partial charge in [-0.05, 0) is 173 Å². The van der Waals surface area contributed by atoms with E-state index in [1.54, 1.807) is 124 Å². The third-order valence-electron chi connectivity index (χ3n) is 18.5. The van der Waals surface area contributed by atoms with E-state index in [0.717, 1.165) is 16.5 Å². The molecule has 3 aliphatic heterocycles. The molecular formula is C80H101Cl2N7O17P2. The number of nitrogens with one attached hydrogen (secondary N) is 3. The van der Waals surface area contributed by atoms with Gasteiger partial charge in [0.05, 0.1) is 39.2 Å². The van der Waals surface area contributed by atoms with Crippen molar-refractivity contribution in [2.75, 3.05) is 59.6 Å². The predicted octanol–water partition coefficient (Wildman–Crippen LogP) is 16.1. The Morgan fingerprint density at radius 2 is 1.07 bits per heavy atom. The van der Waals surface area contributed by atoms with Crippen molar-refractivity contribution in [3.8, 4) is 11.5 Å². The molecule has 0 saturated heterocycles. The predicted molar refractivity (Wildman–Crippen MR) is 420 cm³/mol. The smallest absolute Gasteiger partial charge is 0.403 e. The highest BCUT2D eigenvalue weighted by molar-refractivity contribution is 7.49. The number of nitrogens with two attached hydrogens (primary N) is 1. The number of primary amides is 1. The fraction of sp³-hybridized carbons (Fsp3) is 0.487. The van der Waals surface area contributed by atoms with Gasteiger partial charge in [0.1, 0.15) is 23.1 Å². The standard InChI is InChI=1S/C80H101Cl2N7O17P2/c1-76(2,3)103-107(99,104-77(4,5)6)101-63-45-61-72(58-26-18-16-24-56(58)63)54(47-81)49-88(61)70(95)33-30-51-29-31-52(32-34-71(96)89-50-55(48-82)73-59-27-19-17-25-57(59)64(46-62(73)89)102-108(100,105-78(7,8)9)106-79(10,11)12)60(43-51)86-67(92)37-41-84-74(97)53(23-21-40-85-75(83)98)44-66(91)80(38-22-39-80)65(90)28-15-13-14-20-42-87-68(93)35-36-69(87)94/h16-19,24-27,29-36,43,45-46,53-55H,13-15,20-23,28,37-42,44,47-50H2,1-12H3,(H,84,97)(H,86,92)(H3,83,85,98)/b33-30+,34-32+/t53-,54+,55+/m0/s1. The number of phosphoric acid groups is 2. The maximum atomic E-state index is 14.9. The van der Waals surface area contributed by atoms with Crippen LogP contribution in [0.1, 0.15) is 194 Å². The fourth-order valence-corrected chi connectivity index (χ4v) is 18.0. The molecule has 108 heavy (non-hydrogen) atoms. The average molecular weight is 1570 g/mol. The first-order chi connectivity index (χ1) is 50.7. The number of fused-ring (bicyclic) bond motifs is 6. The van der Waals surface area contributed by atoms with Crippen LogP contribution in [0.5, 0.6) is 11.5 Å². The molecule has 0 spiro atoms. The molecule has 9 rings (SSSR count). The first-order valence-electron chi connectivity index (χ1n) is 36.7. The summed E-state index contributed by atoms with van der Waals surface area (Å²) in [6.45, 7) is 21.3. The fourth-order valence-electron chi connectivity index (χ4n) is 13.8. The number of ketones is 2. The third-order valence-corrected chi connectivity index (χ3v) is 23.2. The Hall–Kier alpha value is -8.05. The highest BCUT2D eigenvalue weighted by atomic mass is 35.5. The zero-order chi connectivity index (χ0) is 78.9. The zero-order valence-corrected chi connectivity index (χ0v) is 66.9. The van der Waals surface area contributed by atoms with Gasteiger partial charge in [-0.2, -0.15) is 0 Å². The lowest BCUT2D eigenvalue weighted by Gasteiger charge is -2.39. The van der Waals surface area contributed by atoms with Gasteiger partial charge in [-0.3, -0.25) is 61.4 Å². The number of anilines is 3. The number of rotatable bonds is 34. The molecule has 3 atom stereocenters. The van der Waals surface area contributed by atoms with Crippen molar-refractivity contribution in [2.24, 2.45) is 17.1 Å². The second kappa shape index (κ2) is 34.9. The maximum absolute atomic E-state index is 14.9. The van der Waals surface area contributed by atoms with Gasteiger partial charge in [0.25, 0.3) is 23.6 Å². The number of benzene rings is 5. The summed E-state index contributed by atoms with van der Waals surface area (Å²) in [6.07, 6.45) is 12.0. The SMILES string of the molecule is CC(C)(C)OP(=O)(Oc1cc2c(c3ccccc13)[C@H](CCl)CN2C(=O)/C=C/c1ccc(/C=C/C(=O)N2C[C@@H](CCl)c3c2cc(OP(=O)(OC(C)(C)C)OC(C)(C)C)c2ccccc32)c(NC(=O)CCNC(=O)[C@@H](CCCNC(N)=O)CC(=O)C2(C(=O)CCCCCCN3C(=O)C=CC3=O)CCC2)c1)OC(C)(C)C. The van der Waals surface area contributed by atoms with Gasteiger partial charge in [0.15, 0.2) is 0 Å². The van der Waals surface area contributed by atoms with Gasteiger partial charge in [-0.1, -0.05) is 79.9 Å². The molecular weight excluding hydrogens is 1460 g/mol. The number of Topliss-reactive ketones (excluding diaryl/α,β-unsaturated/α-hetero) is 2. The van der Waals surface area contributed by atoms with Gasteiger partial charge in [0, 0.05) is 134 Å². The number of hydrogen-bond acceptors (Lipinski definition) is 17. The van der Waals surface area contributed by atoms with Crippen molar-refractivity contribution in [3.05, 3.63) is 125 Å². The monoisotopic (exact) mass is 1560 g/mol. The molecule has 3 heterocycles. The molecule has 24 nitrogen and oxygen atoms in total. The van der Waals surface area contributed by atoms with E-state index in [-0.39, 0.29) is 129 Å². The largest absolute Gasteiger partial charge is 0.531 e. The number of amides is 8. The van der Waals surface area contributed by atoms with E-state index in [2.05, 4.69) is 16.0 Å². The molecule has 1 fully saturated rings. The Kier molecular flexibility index (Phi) is 27.1. The van der Waals surface area contributed by atoms with Gasteiger partial charge in [-0.25, -0.2) is 13.9 Å². The molecule has 1 saturated carbocycles. The summed E-state index contributed by atoms with van der Waals surface area (Å²) in [5.41, 5.74) is 3.71. The minimum atomic E-state index is -4.36. The minimum Gasteiger partial charge on any atom is -0.403 e. The van der Waals surface area contributed by atoms with Crippen LogP contribution in [-0.2, 0) is 65.6 Å². The van der Waals surface area contributed by atoms with Crippen LogP contribution in [0.4, 0.5) is 21.9 Å². The Morgan fingerprint density at radius 1 is 0.593 bits per heavy atom. The summed E-state index contributed by atoms with van der Waals surface area (Å²) in [5.74, 6) is -4.35. The van der Waals surface area contributed by atoms with Crippen LogP contribution < -0.4 is 40.5 Å². The molecule has 28 heteroatoms. The number of alkyl halides is 2. The Bertz CT molecular complexity index is 4410. The van der Waals surface area contributed by atoms with Gasteiger partial charge < -0.3 is 40.5 Å². The summed E-state index contributed by atoms with van der Waals surface area (Å²) in [7, 11) is -8.71. The van der Waals surface area contributed by atoms with Crippen molar-refractivity contribution in [1.82, 2.24) is 15.5 Å². The number of phosphoric ester groups is 2. The van der Waals surface area contributed by atoms with Gasteiger partial charge in [0.2, 0.25) is 11.8 Å². The number of imide groups is 1. The molecule has 5 aromatic carbocycles. The molecule has 0 bridgehead atoms. The molecule has 8 amide bonds. The highest BCUT2D eigenvalue weighted by Gasteiger charge is 2.50. The number of nitrogens with zero attached hydrogens (tertiary/aromatic N) is 3. The van der Waals surface area contributed by atoms with E-state index in [9.17, 15) is 52.3 Å². The number of halogens is 2. The van der Waals surface area contributed by atoms with Crippen LogP contribution in [0, 0.1) is 11.3 Å². The summed E-state index contributed by atoms with van der Waals surface area (Å²) in [4.78, 5) is 126. The minimum absolute atomic E-state index is 0.112. The topological polar surface area (TPSA) is 315 Å². The molecule has 5 aromatic rings. The Labute approximate surface area is 642 Å². The summed E-state index contributed by atoms with van der Waals surface area (Å²) >= 11 is 13.4. The number of urea groups is 1. The zero-order valence-electron chi connectivity index (χ0n) is 63.6. The number of unbranched alkanes of at least 4 members (excludes halogenated alkanes) is 3. The third kappa shape index (κ3) is 21.7. The van der Waals surface area contributed by atoms with Crippen molar-refractivity contribution in [2.45, 2.75) is 194 Å². The van der Waals surface area contributed by atoms with E-state index in [1.165, 1.54) is 40.2 Å². The number of carbonyl (C=O) groups excluding carboxylic acids is 9. The van der Waals surface area contributed by atoms with Crippen LogP contribution in [-0.4, -0.2) is 125 Å². The lowest BCUT2D eigenvalue weighted by Crippen LogP contribution is -2.47. The first kappa shape index (κ1) is 84.0. The Morgan fingerprint density at radius 3 is 1.54 bits per heavy atom. The van der Waals surface area contributed by atoms with E-state index < -0.39 is 79.0 Å².